The molecule has 0 spiro atoms. The lowest BCUT2D eigenvalue weighted by atomic mass is 10.1. The van der Waals surface area contributed by atoms with E-state index in [-0.39, 0.29) is 0 Å². The Hall–Kier alpha value is -1.87. The molecule has 8 heteroatoms. The maximum absolute atomic E-state index is 11.8. The quantitative estimate of drug-likeness (QED) is 0.203. The Bertz CT molecular complexity index is 570. The van der Waals surface area contributed by atoms with E-state index in [0.29, 0.717) is 51.1 Å². The fraction of sp³-hybridized carbons (Fsp3) is 0.650. The first-order chi connectivity index (χ1) is 13.5. The molecule has 1 aromatic carbocycles. The lowest BCUT2D eigenvalue weighted by Crippen LogP contribution is -2.15. The van der Waals surface area contributed by atoms with Crippen LogP contribution in [-0.4, -0.2) is 62.2 Å². The van der Waals surface area contributed by atoms with E-state index in [0.717, 1.165) is 17.8 Å². The maximum Gasteiger partial charge on any atom is 0.337 e. The standard InChI is InChI=1S/C20H34N2O6/c1-4-27-18(23)8-6-12-21-16-11-10-15(20(25)26-3)14-17(16)22-13-7-9-19(24)28-5-2/h10-11,14,18-19,21-24H,4-9,12-13H2,1-3H3. The van der Waals surface area contributed by atoms with Gasteiger partial charge in [-0.05, 0) is 57.7 Å². The van der Waals surface area contributed by atoms with Gasteiger partial charge >= 0.3 is 5.97 Å². The smallest absolute Gasteiger partial charge is 0.337 e. The molecule has 0 aliphatic carbocycles. The average Bonchev–Trinajstić information content (AvgIpc) is 2.69. The van der Waals surface area contributed by atoms with Crippen LogP contribution in [0.1, 0.15) is 49.9 Å². The van der Waals surface area contributed by atoms with Gasteiger partial charge < -0.3 is 35.1 Å². The zero-order chi connectivity index (χ0) is 20.8. The number of nitrogens with one attached hydrogen (secondary N) is 2. The first-order valence-electron chi connectivity index (χ1n) is 9.81. The summed E-state index contributed by atoms with van der Waals surface area (Å²) in [4.78, 5) is 11.8. The number of esters is 1. The summed E-state index contributed by atoms with van der Waals surface area (Å²) in [5.74, 6) is -0.402. The number of carbonyl (C=O) groups excluding carboxylic acids is 1. The number of ether oxygens (including phenoxy) is 3. The van der Waals surface area contributed by atoms with Crippen molar-refractivity contribution in [1.82, 2.24) is 0 Å². The van der Waals surface area contributed by atoms with Crippen molar-refractivity contribution < 1.29 is 29.2 Å². The summed E-state index contributed by atoms with van der Waals surface area (Å²) >= 11 is 0. The molecule has 2 unspecified atom stereocenters. The van der Waals surface area contributed by atoms with Crippen LogP contribution in [0.25, 0.3) is 0 Å². The van der Waals surface area contributed by atoms with Gasteiger partial charge in [-0.1, -0.05) is 0 Å². The Morgan fingerprint density at radius 3 is 2.00 bits per heavy atom. The molecule has 28 heavy (non-hydrogen) atoms. The minimum absolute atomic E-state index is 0.402. The predicted molar refractivity (Wildman–Crippen MR) is 108 cm³/mol. The molecule has 4 N–H and O–H groups in total. The fourth-order valence-electron chi connectivity index (χ4n) is 2.64. The number of carbonyl (C=O) groups is 1. The summed E-state index contributed by atoms with van der Waals surface area (Å²) in [6.45, 7) is 5.91. The molecule has 0 radical (unpaired) electrons. The predicted octanol–water partition coefficient (Wildman–Crippen LogP) is 2.57. The second kappa shape index (κ2) is 14.2. The molecule has 0 aliphatic rings. The number of methoxy groups -OCH3 is 1. The minimum Gasteiger partial charge on any atom is -0.465 e. The molecule has 0 heterocycles. The van der Waals surface area contributed by atoms with Crippen LogP contribution in [0.5, 0.6) is 0 Å². The molecule has 0 saturated carbocycles. The highest BCUT2D eigenvalue weighted by atomic mass is 16.6. The van der Waals surface area contributed by atoms with Crippen molar-refractivity contribution in [2.75, 3.05) is 44.0 Å². The summed E-state index contributed by atoms with van der Waals surface area (Å²) in [5, 5.41) is 25.8. The SMILES string of the molecule is CCOC(O)CCCNc1ccc(C(=O)OC)cc1NCCCC(O)OCC. The third-order valence-corrected chi connectivity index (χ3v) is 4.05. The van der Waals surface area contributed by atoms with Crippen LogP contribution in [0.4, 0.5) is 11.4 Å². The van der Waals surface area contributed by atoms with Gasteiger partial charge in [-0.15, -0.1) is 0 Å². The molecule has 0 aliphatic heterocycles. The summed E-state index contributed by atoms with van der Waals surface area (Å²) < 4.78 is 15.0. The summed E-state index contributed by atoms with van der Waals surface area (Å²) in [5.41, 5.74) is 2.08. The number of rotatable bonds is 15. The molecule has 1 rings (SSSR count). The zero-order valence-corrected chi connectivity index (χ0v) is 17.1. The Balaban J connectivity index is 2.62. The summed E-state index contributed by atoms with van der Waals surface area (Å²) in [6, 6.07) is 5.26. The number of aliphatic hydroxyl groups is 2. The number of hydrogen-bond acceptors (Lipinski definition) is 8. The molecule has 2 atom stereocenters. The van der Waals surface area contributed by atoms with Crippen LogP contribution in [0.3, 0.4) is 0 Å². The van der Waals surface area contributed by atoms with E-state index in [1.807, 2.05) is 19.9 Å². The Kier molecular flexibility index (Phi) is 12.2. The van der Waals surface area contributed by atoms with Gasteiger partial charge in [-0.25, -0.2) is 4.79 Å². The van der Waals surface area contributed by atoms with Crippen LogP contribution in [-0.2, 0) is 14.2 Å². The highest BCUT2D eigenvalue weighted by molar-refractivity contribution is 5.92. The second-order valence-corrected chi connectivity index (χ2v) is 6.21. The largest absolute Gasteiger partial charge is 0.465 e. The van der Waals surface area contributed by atoms with Crippen molar-refractivity contribution in [2.45, 2.75) is 52.1 Å². The lowest BCUT2D eigenvalue weighted by molar-refractivity contribution is -0.0991. The molecule has 0 bridgehead atoms. The van der Waals surface area contributed by atoms with Crippen LogP contribution in [0.15, 0.2) is 18.2 Å². The van der Waals surface area contributed by atoms with Crippen LogP contribution in [0, 0.1) is 0 Å². The first-order valence-corrected chi connectivity index (χ1v) is 9.81. The van der Waals surface area contributed by atoms with E-state index < -0.39 is 18.5 Å². The zero-order valence-electron chi connectivity index (χ0n) is 17.1. The number of benzene rings is 1. The maximum atomic E-state index is 11.8. The van der Waals surface area contributed by atoms with Gasteiger partial charge in [0.2, 0.25) is 0 Å². The fourth-order valence-corrected chi connectivity index (χ4v) is 2.64. The van der Waals surface area contributed by atoms with Crippen molar-refractivity contribution in [3.05, 3.63) is 23.8 Å². The Morgan fingerprint density at radius 1 is 0.964 bits per heavy atom. The highest BCUT2D eigenvalue weighted by Crippen LogP contribution is 2.24. The van der Waals surface area contributed by atoms with Crippen molar-refractivity contribution >= 4 is 17.3 Å². The topological polar surface area (TPSA) is 109 Å². The minimum atomic E-state index is -0.762. The first kappa shape index (κ1) is 24.2. The van der Waals surface area contributed by atoms with E-state index >= 15 is 0 Å². The summed E-state index contributed by atoms with van der Waals surface area (Å²) in [7, 11) is 1.35. The molecule has 160 valence electrons. The molecule has 0 fully saturated rings. The van der Waals surface area contributed by atoms with E-state index in [2.05, 4.69) is 10.6 Å². The van der Waals surface area contributed by atoms with Gasteiger partial charge in [-0.2, -0.15) is 0 Å². The molecule has 8 nitrogen and oxygen atoms in total. The Labute approximate surface area is 167 Å². The van der Waals surface area contributed by atoms with E-state index in [4.69, 9.17) is 14.2 Å². The number of anilines is 2. The molecular formula is C20H34N2O6. The number of hydrogen-bond donors (Lipinski definition) is 4. The van der Waals surface area contributed by atoms with Crippen LogP contribution in [0.2, 0.25) is 0 Å². The molecule has 1 aromatic rings. The van der Waals surface area contributed by atoms with Crippen molar-refractivity contribution in [3.63, 3.8) is 0 Å². The van der Waals surface area contributed by atoms with Crippen molar-refractivity contribution in [2.24, 2.45) is 0 Å². The van der Waals surface area contributed by atoms with Gasteiger partial charge in [-0.3, -0.25) is 0 Å². The molecular weight excluding hydrogens is 364 g/mol. The third kappa shape index (κ3) is 9.36. The average molecular weight is 399 g/mol. The second-order valence-electron chi connectivity index (χ2n) is 6.21. The summed E-state index contributed by atoms with van der Waals surface area (Å²) in [6.07, 6.45) is 1.00. The normalized spacial score (nSPS) is 13.0. The van der Waals surface area contributed by atoms with Gasteiger partial charge in [0, 0.05) is 26.3 Å². The van der Waals surface area contributed by atoms with Crippen molar-refractivity contribution in [1.29, 1.82) is 0 Å². The Morgan fingerprint density at radius 2 is 1.50 bits per heavy atom. The van der Waals surface area contributed by atoms with Crippen molar-refractivity contribution in [3.8, 4) is 0 Å². The monoisotopic (exact) mass is 398 g/mol. The van der Waals surface area contributed by atoms with Gasteiger partial charge in [0.25, 0.3) is 0 Å². The van der Waals surface area contributed by atoms with E-state index in [1.165, 1.54) is 7.11 Å². The lowest BCUT2D eigenvalue weighted by Gasteiger charge is -2.16. The number of aliphatic hydroxyl groups excluding tert-OH is 2. The molecule has 0 amide bonds. The van der Waals surface area contributed by atoms with E-state index in [9.17, 15) is 15.0 Å². The van der Waals surface area contributed by atoms with Gasteiger partial charge in [0.1, 0.15) is 0 Å². The van der Waals surface area contributed by atoms with Crippen LogP contribution >= 0.6 is 0 Å². The van der Waals surface area contributed by atoms with E-state index in [1.54, 1.807) is 12.1 Å². The highest BCUT2D eigenvalue weighted by Gasteiger charge is 2.11. The van der Waals surface area contributed by atoms with Gasteiger partial charge in [0.15, 0.2) is 12.6 Å². The molecule has 0 aromatic heterocycles. The third-order valence-electron chi connectivity index (χ3n) is 4.05. The van der Waals surface area contributed by atoms with Crippen LogP contribution < -0.4 is 10.6 Å². The van der Waals surface area contributed by atoms with Gasteiger partial charge in [0.05, 0.1) is 24.0 Å². The molecule has 0 saturated heterocycles.